The maximum atomic E-state index is 14.7. The Morgan fingerprint density at radius 3 is 1.33 bits per heavy atom. The van der Waals surface area contributed by atoms with E-state index in [1.165, 1.54) is 14.2 Å². The van der Waals surface area contributed by atoms with Crippen LogP contribution in [0, 0.1) is 0 Å². The molecule has 8 aromatic rings. The van der Waals surface area contributed by atoms with Crippen LogP contribution in [0.15, 0.2) is 143 Å². The molecule has 0 aromatic heterocycles. The van der Waals surface area contributed by atoms with Crippen LogP contribution in [0.1, 0.15) is 20.7 Å². The Morgan fingerprint density at radius 2 is 0.904 bits per heavy atom. The smallest absolute Gasteiger partial charge is 0.338 e. The van der Waals surface area contributed by atoms with Crippen molar-refractivity contribution < 1.29 is 32.2 Å². The summed E-state index contributed by atoms with van der Waals surface area (Å²) in [5, 5.41) is 5.87. The fraction of sp³-hybridized carbons (Fsp3) is 0.0455. The van der Waals surface area contributed by atoms with Crippen LogP contribution >= 0.6 is 0 Å². The van der Waals surface area contributed by atoms with Crippen molar-refractivity contribution in [3.8, 4) is 33.8 Å². The molecular formula is C44H28O7S. The lowest BCUT2D eigenvalue weighted by molar-refractivity contribution is 0.0594. The van der Waals surface area contributed by atoms with Crippen LogP contribution in [0.25, 0.3) is 65.3 Å². The molecule has 0 saturated carbocycles. The second kappa shape index (κ2) is 11.8. The van der Waals surface area contributed by atoms with Crippen molar-refractivity contribution in [1.29, 1.82) is 0 Å². The van der Waals surface area contributed by atoms with E-state index in [0.717, 1.165) is 54.6 Å². The van der Waals surface area contributed by atoms with Crippen molar-refractivity contribution in [2.24, 2.45) is 0 Å². The summed E-state index contributed by atoms with van der Waals surface area (Å²) in [4.78, 5) is 25.2. The fourth-order valence-electron chi connectivity index (χ4n) is 7.51. The van der Waals surface area contributed by atoms with E-state index < -0.39 is 21.8 Å². The van der Waals surface area contributed by atoms with Crippen molar-refractivity contribution in [2.75, 3.05) is 14.2 Å². The zero-order valence-corrected chi connectivity index (χ0v) is 28.8. The maximum Gasteiger partial charge on any atom is 0.338 e. The molecule has 252 valence electrons. The fourth-order valence-corrected chi connectivity index (χ4v) is 9.41. The summed E-state index contributed by atoms with van der Waals surface area (Å²) in [6.07, 6.45) is 0. The molecule has 0 spiro atoms. The minimum Gasteiger partial charge on any atom is -0.465 e. The van der Waals surface area contributed by atoms with Gasteiger partial charge < -0.3 is 14.2 Å². The molecule has 0 amide bonds. The van der Waals surface area contributed by atoms with E-state index in [0.29, 0.717) is 21.9 Å². The van der Waals surface area contributed by atoms with Gasteiger partial charge in [-0.3, -0.25) is 0 Å². The third-order valence-electron chi connectivity index (χ3n) is 9.91. The quantitative estimate of drug-likeness (QED) is 0.169. The Labute approximate surface area is 298 Å². The Balaban J connectivity index is 1.16. The number of methoxy groups -OCH3 is 2. The van der Waals surface area contributed by atoms with Gasteiger partial charge in [-0.2, -0.15) is 0 Å². The summed E-state index contributed by atoms with van der Waals surface area (Å²) in [6.45, 7) is 0. The molecule has 52 heavy (non-hydrogen) atoms. The summed E-state index contributed by atoms with van der Waals surface area (Å²) >= 11 is 0. The largest absolute Gasteiger partial charge is 0.465 e. The Hall–Kier alpha value is -6.51. The number of ether oxygens (including phenoxy) is 3. The highest BCUT2D eigenvalue weighted by Crippen LogP contribution is 2.49. The van der Waals surface area contributed by atoms with E-state index >= 15 is 0 Å². The van der Waals surface area contributed by atoms with E-state index in [1.807, 2.05) is 109 Å². The topological polar surface area (TPSA) is 96.0 Å². The second-order valence-corrected chi connectivity index (χ2v) is 14.5. The highest BCUT2D eigenvalue weighted by atomic mass is 32.2. The Morgan fingerprint density at radius 1 is 0.481 bits per heavy atom. The van der Waals surface area contributed by atoms with Gasteiger partial charge in [0, 0.05) is 10.8 Å². The maximum absolute atomic E-state index is 14.7. The SMILES string of the molecule is COC(=O)c1ccc(-c2ccc3c4c(ccc3c2)Oc2ccc3cc(-c5ccc(C(=O)OC)c6ccccc56)ccc3c2S4(=O)=O)c2ccccc12. The number of sulfone groups is 1. The van der Waals surface area contributed by atoms with Crippen molar-refractivity contribution in [3.63, 3.8) is 0 Å². The van der Waals surface area contributed by atoms with Crippen molar-refractivity contribution in [2.45, 2.75) is 9.79 Å². The average molecular weight is 701 g/mol. The van der Waals surface area contributed by atoms with Gasteiger partial charge in [0.2, 0.25) is 9.84 Å². The van der Waals surface area contributed by atoms with Crippen LogP contribution in [0.2, 0.25) is 0 Å². The number of benzene rings is 8. The van der Waals surface area contributed by atoms with Crippen LogP contribution in [-0.2, 0) is 19.3 Å². The molecule has 8 aromatic carbocycles. The lowest BCUT2D eigenvalue weighted by atomic mass is 9.93. The van der Waals surface area contributed by atoms with Gasteiger partial charge in [-0.05, 0) is 91.0 Å². The number of fused-ring (bicyclic) bond motifs is 8. The molecule has 1 heterocycles. The molecule has 0 radical (unpaired) electrons. The van der Waals surface area contributed by atoms with Gasteiger partial charge in [-0.15, -0.1) is 0 Å². The summed E-state index contributed by atoms with van der Waals surface area (Å²) in [5.74, 6) is -0.280. The molecule has 0 N–H and O–H groups in total. The predicted octanol–water partition coefficient (Wildman–Crippen LogP) is 10.1. The number of carbonyl (C=O) groups excluding carboxylic acids is 2. The molecule has 1 aliphatic rings. The van der Waals surface area contributed by atoms with Crippen LogP contribution in [0.5, 0.6) is 11.5 Å². The second-order valence-electron chi connectivity index (χ2n) is 12.7. The number of esters is 2. The molecule has 0 unspecified atom stereocenters. The standard InChI is InChI=1S/C44H28O7S/c1-49-43(45)37-19-17-29(33-7-3-5-9-35(33)37)25-11-15-31-27(23-25)13-21-39-41(31)52(47,48)42-32-16-12-26(24-28(32)14-22-40(42)51-39)30-18-20-38(44(46)50-2)36-10-6-4-8-34(30)36/h3-24H,1-2H3. The number of rotatable bonds is 4. The first kappa shape index (κ1) is 31.5. The number of hydrogen-bond donors (Lipinski definition) is 0. The van der Waals surface area contributed by atoms with E-state index in [9.17, 15) is 18.0 Å². The molecule has 0 bridgehead atoms. The molecule has 9 rings (SSSR count). The normalized spacial score (nSPS) is 13.0. The lowest BCUT2D eigenvalue weighted by Gasteiger charge is -2.23. The third-order valence-corrected chi connectivity index (χ3v) is 11.8. The summed E-state index contributed by atoms with van der Waals surface area (Å²) in [5.41, 5.74) is 4.51. The highest BCUT2D eigenvalue weighted by molar-refractivity contribution is 7.92. The van der Waals surface area contributed by atoms with Gasteiger partial charge in [0.25, 0.3) is 0 Å². The number of hydrogen-bond acceptors (Lipinski definition) is 7. The molecule has 8 heteroatoms. The van der Waals surface area contributed by atoms with Gasteiger partial charge in [0.15, 0.2) is 0 Å². The van der Waals surface area contributed by atoms with E-state index in [1.54, 1.807) is 24.3 Å². The van der Waals surface area contributed by atoms with E-state index in [2.05, 4.69) is 0 Å². The first-order valence-electron chi connectivity index (χ1n) is 16.6. The van der Waals surface area contributed by atoms with Gasteiger partial charge in [0.1, 0.15) is 21.3 Å². The van der Waals surface area contributed by atoms with Crippen LogP contribution in [0.3, 0.4) is 0 Å². The third kappa shape index (κ3) is 4.68. The Kier molecular flexibility index (Phi) is 7.13. The monoisotopic (exact) mass is 700 g/mol. The van der Waals surface area contributed by atoms with Crippen LogP contribution < -0.4 is 4.74 Å². The first-order valence-corrected chi connectivity index (χ1v) is 18.0. The summed E-state index contributed by atoms with van der Waals surface area (Å²) < 4.78 is 45.7. The summed E-state index contributed by atoms with van der Waals surface area (Å²) in [7, 11) is -1.32. The van der Waals surface area contributed by atoms with Gasteiger partial charge in [0.05, 0.1) is 25.3 Å². The zero-order valence-electron chi connectivity index (χ0n) is 28.0. The highest BCUT2D eigenvalue weighted by Gasteiger charge is 2.35. The molecule has 0 fully saturated rings. The van der Waals surface area contributed by atoms with Crippen molar-refractivity contribution >= 4 is 64.9 Å². The molecule has 7 nitrogen and oxygen atoms in total. The molecule has 0 saturated heterocycles. The zero-order chi connectivity index (χ0) is 35.7. The van der Waals surface area contributed by atoms with Gasteiger partial charge in [-0.1, -0.05) is 97.1 Å². The molecular weight excluding hydrogens is 673 g/mol. The Bertz CT molecular complexity index is 2770. The van der Waals surface area contributed by atoms with E-state index in [4.69, 9.17) is 14.2 Å². The van der Waals surface area contributed by atoms with Gasteiger partial charge >= 0.3 is 11.9 Å². The van der Waals surface area contributed by atoms with E-state index in [-0.39, 0.29) is 21.3 Å². The lowest BCUT2D eigenvalue weighted by Crippen LogP contribution is -2.12. The molecule has 0 aliphatic carbocycles. The predicted molar refractivity (Wildman–Crippen MR) is 202 cm³/mol. The minimum absolute atomic E-state index is 0.121. The number of carbonyl (C=O) groups is 2. The first-order chi connectivity index (χ1) is 25.3. The minimum atomic E-state index is -4.04. The van der Waals surface area contributed by atoms with Crippen LogP contribution in [-0.4, -0.2) is 34.6 Å². The van der Waals surface area contributed by atoms with Crippen molar-refractivity contribution in [1.82, 2.24) is 0 Å². The van der Waals surface area contributed by atoms with Crippen LogP contribution in [0.4, 0.5) is 0 Å². The average Bonchev–Trinajstić information content (AvgIpc) is 3.18. The van der Waals surface area contributed by atoms with Gasteiger partial charge in [-0.25, -0.2) is 18.0 Å². The molecule has 1 aliphatic heterocycles. The summed E-state index contributed by atoms with van der Waals surface area (Å²) in [6, 6.07) is 41.1. The molecule has 0 atom stereocenters. The van der Waals surface area contributed by atoms with Crippen molar-refractivity contribution in [3.05, 3.63) is 145 Å².